The second-order valence-electron chi connectivity index (χ2n) is 4.38. The van der Waals surface area contributed by atoms with E-state index >= 15 is 0 Å². The Hall–Kier alpha value is -0.160. The van der Waals surface area contributed by atoms with E-state index in [1.165, 1.54) is 6.42 Å². The summed E-state index contributed by atoms with van der Waals surface area (Å²) in [5, 5.41) is 3.40. The third kappa shape index (κ3) is 7.26. The Morgan fingerprint density at radius 1 is 1.29 bits per heavy atom. The summed E-state index contributed by atoms with van der Waals surface area (Å²) in [4.78, 5) is 2.20. The fourth-order valence-corrected chi connectivity index (χ4v) is 1.26. The average molecular weight is 202 g/mol. The van der Waals surface area contributed by atoms with Crippen LogP contribution in [0.15, 0.2) is 0 Å². The zero-order valence-corrected chi connectivity index (χ0v) is 10.0. The second kappa shape index (κ2) is 8.17. The van der Waals surface area contributed by atoms with Crippen molar-refractivity contribution in [3.63, 3.8) is 0 Å². The number of nitrogens with zero attached hydrogens (tertiary/aromatic N) is 1. The van der Waals surface area contributed by atoms with Crippen molar-refractivity contribution in [2.45, 2.75) is 26.3 Å². The van der Waals surface area contributed by atoms with Crippen molar-refractivity contribution in [3.8, 4) is 0 Å². The molecule has 0 spiro atoms. The third-order valence-electron chi connectivity index (χ3n) is 2.34. The molecule has 0 aromatic rings. The molecule has 0 amide bonds. The zero-order valence-electron chi connectivity index (χ0n) is 10.0. The van der Waals surface area contributed by atoms with Crippen molar-refractivity contribution < 1.29 is 0 Å². The van der Waals surface area contributed by atoms with E-state index in [1.54, 1.807) is 0 Å². The number of rotatable bonds is 8. The van der Waals surface area contributed by atoms with Gasteiger partial charge in [-0.2, -0.15) is 0 Å². The Labute approximate surface area is 88.2 Å². The summed E-state index contributed by atoms with van der Waals surface area (Å²) in [5.74, 6) is 6.01. The summed E-state index contributed by atoms with van der Waals surface area (Å²) in [6.07, 6.45) is 1.18. The molecule has 1 atom stereocenters. The highest BCUT2D eigenvalue weighted by Crippen LogP contribution is 1.98. The molecule has 0 aliphatic rings. The summed E-state index contributed by atoms with van der Waals surface area (Å²) < 4.78 is 0. The van der Waals surface area contributed by atoms with Crippen molar-refractivity contribution in [3.05, 3.63) is 0 Å². The van der Waals surface area contributed by atoms with Crippen LogP contribution in [0.1, 0.15) is 20.3 Å². The normalized spacial score (nSPS) is 13.9. The van der Waals surface area contributed by atoms with Gasteiger partial charge in [0, 0.05) is 12.6 Å². The van der Waals surface area contributed by atoms with Gasteiger partial charge in [0.1, 0.15) is 0 Å². The summed E-state index contributed by atoms with van der Waals surface area (Å²) >= 11 is 0. The molecule has 0 aromatic carbocycles. The summed E-state index contributed by atoms with van der Waals surface area (Å²) in [5.41, 5.74) is 2.83. The summed E-state index contributed by atoms with van der Waals surface area (Å²) in [6.45, 7) is 7.48. The molecule has 0 rings (SSSR count). The highest BCUT2D eigenvalue weighted by Gasteiger charge is 2.09. The molecule has 0 aliphatic carbocycles. The Bertz CT molecular complexity index is 125. The van der Waals surface area contributed by atoms with Gasteiger partial charge in [0.2, 0.25) is 0 Å². The Kier molecular flexibility index (Phi) is 8.08. The van der Waals surface area contributed by atoms with Gasteiger partial charge in [-0.15, -0.1) is 0 Å². The molecule has 4 nitrogen and oxygen atoms in total. The molecule has 0 aromatic heterocycles. The van der Waals surface area contributed by atoms with E-state index in [2.05, 4.69) is 43.6 Å². The van der Waals surface area contributed by atoms with Gasteiger partial charge in [0.15, 0.2) is 0 Å². The molecule has 4 heteroatoms. The molecular weight excluding hydrogens is 176 g/mol. The molecule has 0 bridgehead atoms. The fraction of sp³-hybridized carbons (Fsp3) is 1.00. The predicted octanol–water partition coefficient (Wildman–Crippen LogP) is 0.0156. The standard InChI is InChI=1S/C10H26N4/c1-9(2)10(13-11)8-12-6-5-7-14(3)4/h9-10,12-13H,5-8,11H2,1-4H3. The maximum Gasteiger partial charge on any atom is 0.0358 e. The minimum atomic E-state index is 0.370. The Balaban J connectivity index is 3.33. The van der Waals surface area contributed by atoms with E-state index in [0.29, 0.717) is 12.0 Å². The Morgan fingerprint density at radius 2 is 1.93 bits per heavy atom. The van der Waals surface area contributed by atoms with Crippen LogP contribution in [0.3, 0.4) is 0 Å². The maximum atomic E-state index is 5.44. The highest BCUT2D eigenvalue weighted by molar-refractivity contribution is 4.70. The number of nitrogens with two attached hydrogens (primary N) is 1. The van der Waals surface area contributed by atoms with Crippen molar-refractivity contribution in [1.29, 1.82) is 0 Å². The second-order valence-corrected chi connectivity index (χ2v) is 4.38. The Morgan fingerprint density at radius 3 is 2.36 bits per heavy atom. The molecule has 0 heterocycles. The summed E-state index contributed by atoms with van der Waals surface area (Å²) in [6, 6.07) is 0.370. The summed E-state index contributed by atoms with van der Waals surface area (Å²) in [7, 11) is 4.19. The molecular formula is C10H26N4. The molecule has 0 fully saturated rings. The molecule has 0 saturated carbocycles. The van der Waals surface area contributed by atoms with Crippen LogP contribution in [0.4, 0.5) is 0 Å². The van der Waals surface area contributed by atoms with Gasteiger partial charge >= 0.3 is 0 Å². The van der Waals surface area contributed by atoms with Crippen molar-refractivity contribution >= 4 is 0 Å². The third-order valence-corrected chi connectivity index (χ3v) is 2.34. The highest BCUT2D eigenvalue weighted by atomic mass is 15.2. The number of nitrogens with one attached hydrogen (secondary N) is 2. The lowest BCUT2D eigenvalue weighted by molar-refractivity contribution is 0.366. The first-order valence-corrected chi connectivity index (χ1v) is 5.39. The van der Waals surface area contributed by atoms with Gasteiger partial charge in [-0.3, -0.25) is 11.3 Å². The molecule has 0 aliphatic heterocycles. The van der Waals surface area contributed by atoms with Crippen LogP contribution in [0.2, 0.25) is 0 Å². The van der Waals surface area contributed by atoms with Gasteiger partial charge in [-0.1, -0.05) is 13.8 Å². The van der Waals surface area contributed by atoms with E-state index in [0.717, 1.165) is 19.6 Å². The molecule has 4 N–H and O–H groups in total. The molecule has 0 saturated heterocycles. The first-order valence-electron chi connectivity index (χ1n) is 5.39. The lowest BCUT2D eigenvalue weighted by Gasteiger charge is -2.20. The fourth-order valence-electron chi connectivity index (χ4n) is 1.26. The van der Waals surface area contributed by atoms with Gasteiger partial charge < -0.3 is 10.2 Å². The van der Waals surface area contributed by atoms with Crippen molar-refractivity contribution in [2.24, 2.45) is 11.8 Å². The van der Waals surface area contributed by atoms with Gasteiger partial charge in [0.05, 0.1) is 0 Å². The lowest BCUT2D eigenvalue weighted by atomic mass is 10.1. The van der Waals surface area contributed by atoms with Crippen LogP contribution in [-0.2, 0) is 0 Å². The molecule has 1 unspecified atom stereocenters. The molecule has 14 heavy (non-hydrogen) atoms. The van der Waals surface area contributed by atoms with Crippen molar-refractivity contribution in [2.75, 3.05) is 33.7 Å². The van der Waals surface area contributed by atoms with Gasteiger partial charge in [-0.05, 0) is 39.5 Å². The smallest absolute Gasteiger partial charge is 0.0358 e. The SMILES string of the molecule is CC(C)C(CNCCCN(C)C)NN. The molecule has 0 radical (unpaired) electrons. The van der Waals surface area contributed by atoms with E-state index < -0.39 is 0 Å². The van der Waals surface area contributed by atoms with Crippen LogP contribution >= 0.6 is 0 Å². The van der Waals surface area contributed by atoms with Crippen molar-refractivity contribution in [1.82, 2.24) is 15.6 Å². The van der Waals surface area contributed by atoms with Crippen LogP contribution in [-0.4, -0.2) is 44.7 Å². The predicted molar refractivity (Wildman–Crippen MR) is 62.0 cm³/mol. The van der Waals surface area contributed by atoms with Crippen LogP contribution in [0, 0.1) is 5.92 Å². The first-order chi connectivity index (χ1) is 6.57. The van der Waals surface area contributed by atoms with Gasteiger partial charge in [-0.25, -0.2) is 0 Å². The van der Waals surface area contributed by atoms with Crippen LogP contribution in [0.5, 0.6) is 0 Å². The van der Waals surface area contributed by atoms with Gasteiger partial charge in [0.25, 0.3) is 0 Å². The minimum Gasteiger partial charge on any atom is -0.315 e. The van der Waals surface area contributed by atoms with E-state index in [-0.39, 0.29) is 0 Å². The number of hydrogen-bond acceptors (Lipinski definition) is 4. The number of hydrogen-bond donors (Lipinski definition) is 3. The van der Waals surface area contributed by atoms with Crippen LogP contribution in [0.25, 0.3) is 0 Å². The lowest BCUT2D eigenvalue weighted by Crippen LogP contribution is -2.46. The average Bonchev–Trinajstić information content (AvgIpc) is 2.10. The van der Waals surface area contributed by atoms with E-state index in [4.69, 9.17) is 5.84 Å². The van der Waals surface area contributed by atoms with E-state index in [9.17, 15) is 0 Å². The first kappa shape index (κ1) is 13.8. The largest absolute Gasteiger partial charge is 0.315 e. The monoisotopic (exact) mass is 202 g/mol. The number of hydrazine groups is 1. The quantitative estimate of drug-likeness (QED) is 0.295. The molecule has 86 valence electrons. The zero-order chi connectivity index (χ0) is 11.0. The minimum absolute atomic E-state index is 0.370. The maximum absolute atomic E-state index is 5.44. The van der Waals surface area contributed by atoms with Crippen LogP contribution < -0.4 is 16.6 Å². The van der Waals surface area contributed by atoms with E-state index in [1.807, 2.05) is 0 Å². The topological polar surface area (TPSA) is 53.3 Å².